The number of nitrogens with zero attached hydrogens (tertiary/aromatic N) is 1. The van der Waals surface area contributed by atoms with Crippen LogP contribution < -0.4 is 10.6 Å². The third kappa shape index (κ3) is 3.04. The number of rotatable bonds is 4. The van der Waals surface area contributed by atoms with Crippen LogP contribution in [0.1, 0.15) is 18.4 Å². The molecule has 1 heterocycles. The lowest BCUT2D eigenvalue weighted by atomic mass is 10.1. The summed E-state index contributed by atoms with van der Waals surface area (Å²) in [6.45, 7) is 1.02. The van der Waals surface area contributed by atoms with Gasteiger partial charge < -0.3 is 10.6 Å². The fraction of sp³-hybridized carbons (Fsp3) is 0.417. The summed E-state index contributed by atoms with van der Waals surface area (Å²) in [6.07, 6.45) is 1.28. The summed E-state index contributed by atoms with van der Waals surface area (Å²) in [5.41, 5.74) is 0.796. The van der Waals surface area contributed by atoms with Crippen LogP contribution >= 0.6 is 0 Å². The normalized spacial score (nSPS) is 19.3. The highest BCUT2D eigenvalue weighted by atomic mass is 16.6. The van der Waals surface area contributed by atoms with Gasteiger partial charge in [0.15, 0.2) is 0 Å². The molecule has 0 spiro atoms. The van der Waals surface area contributed by atoms with Gasteiger partial charge in [0.2, 0.25) is 5.91 Å². The van der Waals surface area contributed by atoms with E-state index in [1.807, 2.05) is 0 Å². The van der Waals surface area contributed by atoms with Crippen LogP contribution in [-0.2, 0) is 11.3 Å². The van der Waals surface area contributed by atoms with Crippen molar-refractivity contribution in [2.75, 3.05) is 6.54 Å². The fourth-order valence-electron chi connectivity index (χ4n) is 2.00. The molecule has 1 saturated heterocycles. The Morgan fingerprint density at radius 3 is 2.89 bits per heavy atom. The Bertz CT molecular complexity index is 452. The first kappa shape index (κ1) is 12.5. The highest BCUT2D eigenvalue weighted by Crippen LogP contribution is 2.17. The van der Waals surface area contributed by atoms with E-state index in [0.29, 0.717) is 25.1 Å². The van der Waals surface area contributed by atoms with Crippen LogP contribution in [-0.4, -0.2) is 23.4 Å². The molecule has 0 aliphatic carbocycles. The van der Waals surface area contributed by atoms with E-state index in [1.165, 1.54) is 6.07 Å². The Kier molecular flexibility index (Phi) is 3.88. The third-order valence-corrected chi connectivity index (χ3v) is 3.03. The van der Waals surface area contributed by atoms with E-state index in [0.717, 1.165) is 6.42 Å². The molecule has 1 aliphatic rings. The van der Waals surface area contributed by atoms with Gasteiger partial charge >= 0.3 is 0 Å². The van der Waals surface area contributed by atoms with Crippen LogP contribution in [0, 0.1) is 10.1 Å². The second kappa shape index (κ2) is 5.59. The predicted molar refractivity (Wildman–Crippen MR) is 66.0 cm³/mol. The SMILES string of the molecule is O=C1CCC(NCc2ccccc2[N+](=O)[O-])CN1. The second-order valence-corrected chi connectivity index (χ2v) is 4.31. The molecule has 6 nitrogen and oxygen atoms in total. The monoisotopic (exact) mass is 249 g/mol. The minimum absolute atomic E-state index is 0.0683. The zero-order valence-electron chi connectivity index (χ0n) is 9.89. The average Bonchev–Trinajstić information content (AvgIpc) is 2.38. The van der Waals surface area contributed by atoms with Crippen LogP contribution in [0.2, 0.25) is 0 Å². The van der Waals surface area contributed by atoms with E-state index in [4.69, 9.17) is 0 Å². The lowest BCUT2D eigenvalue weighted by Crippen LogP contribution is -2.45. The van der Waals surface area contributed by atoms with Crippen LogP contribution in [0.15, 0.2) is 24.3 Å². The molecule has 2 N–H and O–H groups in total. The summed E-state index contributed by atoms with van der Waals surface area (Å²) in [5, 5.41) is 16.8. The molecule has 1 unspecified atom stereocenters. The number of nitrogens with one attached hydrogen (secondary N) is 2. The van der Waals surface area contributed by atoms with Crippen molar-refractivity contribution in [3.63, 3.8) is 0 Å². The number of carbonyl (C=O) groups excluding carboxylic acids is 1. The summed E-state index contributed by atoms with van der Waals surface area (Å²) in [6, 6.07) is 6.86. The second-order valence-electron chi connectivity index (χ2n) is 4.31. The zero-order valence-corrected chi connectivity index (χ0v) is 9.89. The van der Waals surface area contributed by atoms with Gasteiger partial charge in [-0.2, -0.15) is 0 Å². The molecule has 0 aromatic heterocycles. The van der Waals surface area contributed by atoms with Gasteiger partial charge in [-0.1, -0.05) is 18.2 Å². The molecule has 2 rings (SSSR count). The van der Waals surface area contributed by atoms with Gasteiger partial charge in [-0.15, -0.1) is 0 Å². The lowest BCUT2D eigenvalue weighted by Gasteiger charge is -2.23. The molecule has 1 aromatic rings. The summed E-state index contributed by atoms with van der Waals surface area (Å²) < 4.78 is 0. The molecule has 1 atom stereocenters. The molecule has 0 bridgehead atoms. The van der Waals surface area contributed by atoms with Crippen molar-refractivity contribution in [3.8, 4) is 0 Å². The molecule has 1 aliphatic heterocycles. The van der Waals surface area contributed by atoms with Crippen molar-refractivity contribution >= 4 is 11.6 Å². The number of hydrogen-bond acceptors (Lipinski definition) is 4. The number of hydrogen-bond donors (Lipinski definition) is 2. The Hall–Kier alpha value is -1.95. The summed E-state index contributed by atoms with van der Waals surface area (Å²) in [4.78, 5) is 21.5. The lowest BCUT2D eigenvalue weighted by molar-refractivity contribution is -0.385. The Morgan fingerprint density at radius 2 is 2.22 bits per heavy atom. The average molecular weight is 249 g/mol. The van der Waals surface area contributed by atoms with Gasteiger partial charge in [-0.05, 0) is 6.42 Å². The van der Waals surface area contributed by atoms with Crippen molar-refractivity contribution in [2.24, 2.45) is 0 Å². The topological polar surface area (TPSA) is 84.3 Å². The Morgan fingerprint density at radius 1 is 1.44 bits per heavy atom. The fourth-order valence-corrected chi connectivity index (χ4v) is 2.00. The predicted octanol–water partition coefficient (Wildman–Crippen LogP) is 0.963. The van der Waals surface area contributed by atoms with Crippen molar-refractivity contribution in [1.29, 1.82) is 0 Å². The molecule has 6 heteroatoms. The van der Waals surface area contributed by atoms with Crippen molar-refractivity contribution in [2.45, 2.75) is 25.4 Å². The molecule has 0 radical (unpaired) electrons. The number of para-hydroxylation sites is 1. The maximum Gasteiger partial charge on any atom is 0.273 e. The van der Waals surface area contributed by atoms with E-state index in [2.05, 4.69) is 10.6 Å². The number of amides is 1. The first-order valence-corrected chi connectivity index (χ1v) is 5.89. The summed E-state index contributed by atoms with van der Waals surface area (Å²) >= 11 is 0. The highest BCUT2D eigenvalue weighted by molar-refractivity contribution is 5.76. The van der Waals surface area contributed by atoms with Crippen molar-refractivity contribution in [3.05, 3.63) is 39.9 Å². The van der Waals surface area contributed by atoms with Crippen LogP contribution in [0.4, 0.5) is 5.69 Å². The molecule has 1 fully saturated rings. The number of nitro benzene ring substituents is 1. The molecule has 1 amide bonds. The summed E-state index contributed by atoms with van der Waals surface area (Å²) in [7, 11) is 0. The molecular formula is C12H15N3O3. The molecule has 96 valence electrons. The first-order valence-electron chi connectivity index (χ1n) is 5.89. The number of benzene rings is 1. The van der Waals surface area contributed by atoms with Crippen LogP contribution in [0.25, 0.3) is 0 Å². The Labute approximate surface area is 105 Å². The van der Waals surface area contributed by atoms with Crippen LogP contribution in [0.3, 0.4) is 0 Å². The van der Waals surface area contributed by atoms with Crippen molar-refractivity contribution in [1.82, 2.24) is 10.6 Å². The quantitative estimate of drug-likeness (QED) is 0.615. The van der Waals surface area contributed by atoms with Gasteiger partial charge in [0.1, 0.15) is 0 Å². The van der Waals surface area contributed by atoms with Gasteiger partial charge in [0.25, 0.3) is 5.69 Å². The van der Waals surface area contributed by atoms with E-state index in [-0.39, 0.29) is 22.6 Å². The van der Waals surface area contributed by atoms with E-state index in [9.17, 15) is 14.9 Å². The molecule has 18 heavy (non-hydrogen) atoms. The maximum atomic E-state index is 11.0. The molecular weight excluding hydrogens is 234 g/mol. The minimum atomic E-state index is -0.375. The number of piperidine rings is 1. The van der Waals surface area contributed by atoms with Gasteiger partial charge in [0.05, 0.1) is 4.92 Å². The van der Waals surface area contributed by atoms with Gasteiger partial charge in [-0.3, -0.25) is 14.9 Å². The third-order valence-electron chi connectivity index (χ3n) is 3.03. The maximum absolute atomic E-state index is 11.0. The smallest absolute Gasteiger partial charge is 0.273 e. The summed E-state index contributed by atoms with van der Waals surface area (Å²) in [5.74, 6) is 0.0683. The highest BCUT2D eigenvalue weighted by Gasteiger charge is 2.18. The first-order chi connectivity index (χ1) is 8.66. The Balaban J connectivity index is 1.94. The standard InChI is InChI=1S/C12H15N3O3/c16-12-6-5-10(8-14-12)13-7-9-3-1-2-4-11(9)15(17)18/h1-4,10,13H,5-8H2,(H,14,16). The number of carbonyl (C=O) groups is 1. The largest absolute Gasteiger partial charge is 0.355 e. The zero-order chi connectivity index (χ0) is 13.0. The van der Waals surface area contributed by atoms with E-state index in [1.54, 1.807) is 18.2 Å². The van der Waals surface area contributed by atoms with Crippen LogP contribution in [0.5, 0.6) is 0 Å². The van der Waals surface area contributed by atoms with E-state index < -0.39 is 0 Å². The van der Waals surface area contributed by atoms with E-state index >= 15 is 0 Å². The van der Waals surface area contributed by atoms with Gasteiger partial charge in [0, 0.05) is 37.2 Å². The van der Waals surface area contributed by atoms with Crippen molar-refractivity contribution < 1.29 is 9.72 Å². The molecule has 0 saturated carbocycles. The van der Waals surface area contributed by atoms with Gasteiger partial charge in [-0.25, -0.2) is 0 Å². The number of nitro groups is 1. The molecule has 1 aromatic carbocycles. The minimum Gasteiger partial charge on any atom is -0.355 e.